The summed E-state index contributed by atoms with van der Waals surface area (Å²) < 4.78 is 43.2. The first-order valence-electron chi connectivity index (χ1n) is 8.29. The number of nitrogens with zero attached hydrogens (tertiary/aromatic N) is 3. The van der Waals surface area contributed by atoms with Crippen LogP contribution in [-0.2, 0) is 6.18 Å². The van der Waals surface area contributed by atoms with E-state index in [9.17, 15) is 18.0 Å². The minimum Gasteiger partial charge on any atom is -0.460 e. The molecule has 1 aliphatic rings. The van der Waals surface area contributed by atoms with Crippen LogP contribution in [0.1, 0.15) is 41.7 Å². The molecule has 0 spiro atoms. The first-order valence-corrected chi connectivity index (χ1v) is 8.67. The van der Waals surface area contributed by atoms with Crippen LogP contribution >= 0.6 is 11.6 Å². The fraction of sp³-hybridized carbons (Fsp3) is 0.412. The summed E-state index contributed by atoms with van der Waals surface area (Å²) in [5, 5.41) is 3.24. The van der Waals surface area contributed by atoms with Gasteiger partial charge in [-0.15, -0.1) is 0 Å². The maximum absolute atomic E-state index is 12.5. The molecule has 0 radical (unpaired) electrons. The van der Waals surface area contributed by atoms with Gasteiger partial charge in [0.25, 0.3) is 5.91 Å². The molecule has 0 atom stereocenters. The maximum atomic E-state index is 12.5. The van der Waals surface area contributed by atoms with E-state index in [4.69, 9.17) is 16.3 Å². The van der Waals surface area contributed by atoms with Crippen LogP contribution in [-0.4, -0.2) is 33.0 Å². The Labute approximate surface area is 158 Å². The molecule has 2 aromatic heterocycles. The first kappa shape index (κ1) is 19.3. The zero-order chi connectivity index (χ0) is 19.4. The Morgan fingerprint density at radius 2 is 1.74 bits per heavy atom. The monoisotopic (exact) mass is 400 g/mol. The van der Waals surface area contributed by atoms with Crippen LogP contribution in [0.3, 0.4) is 0 Å². The summed E-state index contributed by atoms with van der Waals surface area (Å²) in [6, 6.07) is 2.09. The van der Waals surface area contributed by atoms with Crippen LogP contribution in [0.5, 0.6) is 6.01 Å². The Bertz CT molecular complexity index is 776. The molecule has 1 N–H and O–H groups in total. The van der Waals surface area contributed by atoms with Gasteiger partial charge >= 0.3 is 12.2 Å². The van der Waals surface area contributed by atoms with Crippen LogP contribution in [0.4, 0.5) is 13.2 Å². The molecule has 3 rings (SSSR count). The topological polar surface area (TPSA) is 77.0 Å². The van der Waals surface area contributed by atoms with Crippen LogP contribution in [0.15, 0.2) is 30.7 Å². The van der Waals surface area contributed by atoms with Gasteiger partial charge in [0.05, 0.1) is 23.0 Å². The lowest BCUT2D eigenvalue weighted by molar-refractivity contribution is -0.141. The zero-order valence-electron chi connectivity index (χ0n) is 14.0. The summed E-state index contributed by atoms with van der Waals surface area (Å²) >= 11 is 5.72. The molecule has 0 aromatic carbocycles. The SMILES string of the molecule is O=C(NC1CCC(Oc2ncc(Cl)cn2)CC1)c1ccc(C(F)(F)F)nc1. The van der Waals surface area contributed by atoms with Gasteiger partial charge in [0.2, 0.25) is 0 Å². The average Bonchev–Trinajstić information content (AvgIpc) is 2.64. The molecule has 0 aliphatic heterocycles. The molecular formula is C17H16ClF3N4O2. The largest absolute Gasteiger partial charge is 0.460 e. The number of aromatic nitrogens is 3. The van der Waals surface area contributed by atoms with E-state index in [2.05, 4.69) is 20.3 Å². The number of amides is 1. The number of alkyl halides is 3. The molecular weight excluding hydrogens is 385 g/mol. The second-order valence-electron chi connectivity index (χ2n) is 6.18. The number of carbonyl (C=O) groups excluding carboxylic acids is 1. The molecule has 0 saturated heterocycles. The van der Waals surface area contributed by atoms with Gasteiger partial charge in [0.15, 0.2) is 0 Å². The van der Waals surface area contributed by atoms with E-state index in [0.29, 0.717) is 30.7 Å². The van der Waals surface area contributed by atoms with Crippen molar-refractivity contribution in [3.05, 3.63) is 47.0 Å². The van der Waals surface area contributed by atoms with Crippen molar-refractivity contribution < 1.29 is 22.7 Å². The Hall–Kier alpha value is -2.42. The normalized spacial score (nSPS) is 20.1. The van der Waals surface area contributed by atoms with E-state index in [1.807, 2.05) is 0 Å². The number of pyridine rings is 1. The number of halogens is 4. The number of carbonyl (C=O) groups is 1. The van der Waals surface area contributed by atoms with Crippen molar-refractivity contribution in [2.75, 3.05) is 0 Å². The minimum absolute atomic E-state index is 0.0629. The average molecular weight is 401 g/mol. The number of rotatable bonds is 4. The predicted molar refractivity (Wildman–Crippen MR) is 90.4 cm³/mol. The molecule has 1 fully saturated rings. The quantitative estimate of drug-likeness (QED) is 0.847. The maximum Gasteiger partial charge on any atom is 0.433 e. The van der Waals surface area contributed by atoms with E-state index in [1.54, 1.807) is 0 Å². The Morgan fingerprint density at radius 3 is 2.30 bits per heavy atom. The van der Waals surface area contributed by atoms with Gasteiger partial charge in [0.1, 0.15) is 11.8 Å². The minimum atomic E-state index is -4.53. The Kier molecular flexibility index (Phi) is 5.79. The van der Waals surface area contributed by atoms with Crippen molar-refractivity contribution in [3.8, 4) is 6.01 Å². The third kappa shape index (κ3) is 5.29. The summed E-state index contributed by atoms with van der Waals surface area (Å²) in [6.07, 6.45) is 2.00. The second-order valence-corrected chi connectivity index (χ2v) is 6.62. The van der Waals surface area contributed by atoms with E-state index in [-0.39, 0.29) is 23.7 Å². The zero-order valence-corrected chi connectivity index (χ0v) is 14.8. The molecule has 10 heteroatoms. The van der Waals surface area contributed by atoms with Crippen LogP contribution in [0.2, 0.25) is 5.02 Å². The van der Waals surface area contributed by atoms with Crippen LogP contribution in [0, 0.1) is 0 Å². The standard InChI is InChI=1S/C17H16ClF3N4O2/c18-11-8-23-16(24-9-11)27-13-4-2-12(3-5-13)25-15(26)10-1-6-14(22-7-10)17(19,20)21/h1,6-9,12-13H,2-5H2,(H,25,26). The molecule has 1 amide bonds. The number of nitrogens with one attached hydrogen (secondary N) is 1. The van der Waals surface area contributed by atoms with Crippen LogP contribution in [0.25, 0.3) is 0 Å². The van der Waals surface area contributed by atoms with E-state index in [1.165, 1.54) is 12.4 Å². The van der Waals surface area contributed by atoms with Gasteiger partial charge in [-0.2, -0.15) is 13.2 Å². The van der Waals surface area contributed by atoms with Crippen molar-refractivity contribution in [1.29, 1.82) is 0 Å². The first-order chi connectivity index (χ1) is 12.8. The molecule has 144 valence electrons. The fourth-order valence-corrected chi connectivity index (χ4v) is 2.90. The number of hydrogen-bond donors (Lipinski definition) is 1. The predicted octanol–water partition coefficient (Wildman–Crippen LogP) is 3.66. The van der Waals surface area contributed by atoms with Gasteiger partial charge in [-0.25, -0.2) is 9.97 Å². The summed E-state index contributed by atoms with van der Waals surface area (Å²) in [6.45, 7) is 0. The van der Waals surface area contributed by atoms with Crippen molar-refractivity contribution in [2.24, 2.45) is 0 Å². The highest BCUT2D eigenvalue weighted by Crippen LogP contribution is 2.27. The summed E-state index contributed by atoms with van der Waals surface area (Å²) in [7, 11) is 0. The van der Waals surface area contributed by atoms with Gasteiger partial charge in [-0.05, 0) is 37.8 Å². The van der Waals surface area contributed by atoms with Crippen molar-refractivity contribution in [1.82, 2.24) is 20.3 Å². The van der Waals surface area contributed by atoms with Crippen molar-refractivity contribution in [3.63, 3.8) is 0 Å². The lowest BCUT2D eigenvalue weighted by Gasteiger charge is -2.28. The highest BCUT2D eigenvalue weighted by molar-refractivity contribution is 6.30. The van der Waals surface area contributed by atoms with E-state index in [0.717, 1.165) is 18.3 Å². The molecule has 0 bridgehead atoms. The highest BCUT2D eigenvalue weighted by Gasteiger charge is 2.32. The Morgan fingerprint density at radius 1 is 1.07 bits per heavy atom. The number of hydrogen-bond acceptors (Lipinski definition) is 5. The molecule has 6 nitrogen and oxygen atoms in total. The lowest BCUT2D eigenvalue weighted by atomic mass is 9.93. The smallest absolute Gasteiger partial charge is 0.433 e. The summed E-state index contributed by atoms with van der Waals surface area (Å²) in [4.78, 5) is 23.4. The van der Waals surface area contributed by atoms with Crippen molar-refractivity contribution >= 4 is 17.5 Å². The molecule has 2 aromatic rings. The number of ether oxygens (including phenoxy) is 1. The third-order valence-corrected chi connectivity index (χ3v) is 4.39. The van der Waals surface area contributed by atoms with E-state index < -0.39 is 17.8 Å². The lowest BCUT2D eigenvalue weighted by Crippen LogP contribution is -2.39. The molecule has 2 heterocycles. The van der Waals surface area contributed by atoms with E-state index >= 15 is 0 Å². The van der Waals surface area contributed by atoms with Crippen LogP contribution < -0.4 is 10.1 Å². The van der Waals surface area contributed by atoms with Gasteiger partial charge in [0, 0.05) is 12.2 Å². The fourth-order valence-electron chi connectivity index (χ4n) is 2.80. The third-order valence-electron chi connectivity index (χ3n) is 4.19. The van der Waals surface area contributed by atoms with Gasteiger partial charge < -0.3 is 10.1 Å². The second kappa shape index (κ2) is 8.08. The summed E-state index contributed by atoms with van der Waals surface area (Å²) in [5.41, 5.74) is -0.933. The molecule has 27 heavy (non-hydrogen) atoms. The summed E-state index contributed by atoms with van der Waals surface area (Å²) in [5.74, 6) is -0.443. The highest BCUT2D eigenvalue weighted by atomic mass is 35.5. The molecule has 1 aliphatic carbocycles. The van der Waals surface area contributed by atoms with Gasteiger partial charge in [-0.3, -0.25) is 9.78 Å². The van der Waals surface area contributed by atoms with Crippen molar-refractivity contribution in [2.45, 2.75) is 44.0 Å². The molecule has 0 unspecified atom stereocenters. The Balaban J connectivity index is 1.48. The van der Waals surface area contributed by atoms with Gasteiger partial charge in [-0.1, -0.05) is 11.6 Å². The molecule has 1 saturated carbocycles.